The van der Waals surface area contributed by atoms with Crippen LogP contribution in [0.4, 0.5) is 10.5 Å². The quantitative estimate of drug-likeness (QED) is 0.309. The van der Waals surface area contributed by atoms with Gasteiger partial charge >= 0.3 is 19.2 Å². The number of ether oxygens (including phenoxy) is 3. The van der Waals surface area contributed by atoms with Crippen LogP contribution in [0.5, 0.6) is 17.2 Å². The Morgan fingerprint density at radius 3 is 2.17 bits per heavy atom. The van der Waals surface area contributed by atoms with Crippen LogP contribution < -0.4 is 15.5 Å². The van der Waals surface area contributed by atoms with E-state index in [1.807, 2.05) is 39.8 Å². The lowest BCUT2D eigenvalue weighted by molar-refractivity contribution is 0.00578. The number of anilines is 1. The molecule has 9 nitrogen and oxygen atoms in total. The van der Waals surface area contributed by atoms with Crippen molar-refractivity contribution in [3.05, 3.63) is 76.9 Å². The van der Waals surface area contributed by atoms with Crippen molar-refractivity contribution in [1.82, 2.24) is 0 Å². The number of hydrogen-bond acceptors (Lipinski definition) is 8. The Labute approximate surface area is 238 Å². The second-order valence-electron chi connectivity index (χ2n) is 12.6. The fourth-order valence-corrected chi connectivity index (χ4v) is 5.35. The number of phenols is 1. The number of phenolic OH excluding ortho intramolecular Hbond substituents is 1. The molecule has 212 valence electrons. The third kappa shape index (κ3) is 4.33. The molecular weight excluding hydrogens is 525 g/mol. The van der Waals surface area contributed by atoms with Crippen LogP contribution in [-0.4, -0.2) is 41.1 Å². The summed E-state index contributed by atoms with van der Waals surface area (Å²) in [6, 6.07) is 15.1. The third-order valence-electron chi connectivity index (χ3n) is 7.98. The number of fused-ring (bicyclic) bond motifs is 6. The molecule has 1 amide bonds. The Morgan fingerprint density at radius 1 is 0.878 bits per heavy atom. The lowest BCUT2D eigenvalue weighted by Crippen LogP contribution is -2.41. The highest BCUT2D eigenvalue weighted by molar-refractivity contribution is 6.62. The second kappa shape index (κ2) is 8.74. The minimum Gasteiger partial charge on any atom is -0.508 e. The highest BCUT2D eigenvalue weighted by Gasteiger charge is 2.55. The summed E-state index contributed by atoms with van der Waals surface area (Å²) >= 11 is 0. The molecule has 1 fully saturated rings. The minimum atomic E-state index is -1.40. The number of amides is 1. The summed E-state index contributed by atoms with van der Waals surface area (Å²) < 4.78 is 30.4. The molecular formula is C31H32BNO8. The van der Waals surface area contributed by atoms with Gasteiger partial charge in [0.25, 0.3) is 0 Å². The SMILES string of the molecule is CC(C)(C)OC(=O)Nc1ccc2c(c1)C1(OC2=O)c2ccc(O)cc2Oc2cc(B3OC(C)(C)C(C)(C)O3)ccc21. The van der Waals surface area contributed by atoms with E-state index < -0.39 is 41.6 Å². The second-order valence-corrected chi connectivity index (χ2v) is 12.6. The molecule has 41 heavy (non-hydrogen) atoms. The van der Waals surface area contributed by atoms with Crippen molar-refractivity contribution >= 4 is 30.3 Å². The van der Waals surface area contributed by atoms with Crippen LogP contribution in [0.25, 0.3) is 0 Å². The van der Waals surface area contributed by atoms with Crippen LogP contribution in [0.3, 0.4) is 0 Å². The first-order chi connectivity index (χ1) is 19.1. The largest absolute Gasteiger partial charge is 0.508 e. The van der Waals surface area contributed by atoms with Crippen molar-refractivity contribution in [2.75, 3.05) is 5.32 Å². The van der Waals surface area contributed by atoms with Crippen LogP contribution >= 0.6 is 0 Å². The van der Waals surface area contributed by atoms with E-state index in [9.17, 15) is 14.7 Å². The van der Waals surface area contributed by atoms with Crippen LogP contribution in [0.2, 0.25) is 0 Å². The Kier molecular flexibility index (Phi) is 5.79. The molecule has 0 aromatic heterocycles. The molecule has 1 spiro atoms. The maximum absolute atomic E-state index is 13.3. The molecule has 2 N–H and O–H groups in total. The van der Waals surface area contributed by atoms with Crippen LogP contribution in [0.1, 0.15) is 75.5 Å². The summed E-state index contributed by atoms with van der Waals surface area (Å²) in [6.45, 7) is 13.3. The van der Waals surface area contributed by atoms with Gasteiger partial charge in [0, 0.05) is 28.4 Å². The van der Waals surface area contributed by atoms with Gasteiger partial charge in [0.2, 0.25) is 0 Å². The van der Waals surface area contributed by atoms with Gasteiger partial charge in [-0.2, -0.15) is 0 Å². The number of nitrogens with one attached hydrogen (secondary N) is 1. The standard InChI is InChI=1S/C31H32BNO8/c1-28(2,3)39-27(36)33-18-9-11-20-23(15-18)31(38-26(20)35)21-12-8-17(32-40-29(4,5)30(6,7)41-32)14-24(21)37-25-16-19(34)10-13-22(25)31/h8-16,34H,1-7H3,(H,33,36). The number of carbonyl (C=O) groups is 2. The maximum Gasteiger partial charge on any atom is 0.494 e. The van der Waals surface area contributed by atoms with E-state index in [1.165, 1.54) is 12.1 Å². The number of rotatable bonds is 2. The number of benzene rings is 3. The van der Waals surface area contributed by atoms with E-state index in [0.717, 1.165) is 5.46 Å². The van der Waals surface area contributed by atoms with Gasteiger partial charge in [0.05, 0.1) is 16.8 Å². The first kappa shape index (κ1) is 27.2. The van der Waals surface area contributed by atoms with Crippen molar-refractivity contribution in [3.63, 3.8) is 0 Å². The monoisotopic (exact) mass is 557 g/mol. The van der Waals surface area contributed by atoms with Crippen molar-refractivity contribution in [1.29, 1.82) is 0 Å². The lowest BCUT2D eigenvalue weighted by atomic mass is 9.73. The molecule has 1 saturated heterocycles. The zero-order chi connectivity index (χ0) is 29.5. The maximum atomic E-state index is 13.3. The summed E-state index contributed by atoms with van der Waals surface area (Å²) in [4.78, 5) is 25.8. The van der Waals surface area contributed by atoms with Gasteiger partial charge in [0.1, 0.15) is 22.8 Å². The van der Waals surface area contributed by atoms with Crippen LogP contribution in [0.15, 0.2) is 54.6 Å². The van der Waals surface area contributed by atoms with Crippen molar-refractivity contribution in [3.8, 4) is 17.2 Å². The first-order valence-electron chi connectivity index (χ1n) is 13.5. The predicted molar refractivity (Wildman–Crippen MR) is 152 cm³/mol. The molecule has 1 unspecified atom stereocenters. The van der Waals surface area contributed by atoms with Crippen molar-refractivity contribution in [2.24, 2.45) is 0 Å². The predicted octanol–water partition coefficient (Wildman–Crippen LogP) is 5.61. The first-order valence-corrected chi connectivity index (χ1v) is 13.5. The Hall–Kier alpha value is -4.02. The van der Waals surface area contributed by atoms with E-state index in [-0.39, 0.29) is 5.75 Å². The molecule has 0 radical (unpaired) electrons. The smallest absolute Gasteiger partial charge is 0.494 e. The molecule has 3 aliphatic rings. The molecule has 0 saturated carbocycles. The fourth-order valence-electron chi connectivity index (χ4n) is 5.35. The van der Waals surface area contributed by atoms with E-state index in [2.05, 4.69) is 5.32 Å². The number of aromatic hydroxyl groups is 1. The zero-order valence-corrected chi connectivity index (χ0v) is 24.1. The van der Waals surface area contributed by atoms with E-state index in [0.29, 0.717) is 39.4 Å². The molecule has 6 rings (SSSR count). The molecule has 3 aromatic rings. The molecule has 3 aromatic carbocycles. The fraction of sp³-hybridized carbons (Fsp3) is 0.355. The highest BCUT2D eigenvalue weighted by Crippen LogP contribution is 2.56. The topological polar surface area (TPSA) is 113 Å². The number of esters is 1. The van der Waals surface area contributed by atoms with Crippen molar-refractivity contribution < 1.29 is 38.2 Å². The molecule has 0 aliphatic carbocycles. The van der Waals surface area contributed by atoms with Gasteiger partial charge in [0.15, 0.2) is 5.60 Å². The molecule has 1 atom stereocenters. The summed E-state index contributed by atoms with van der Waals surface area (Å²) in [5, 5.41) is 13.1. The van der Waals surface area contributed by atoms with Gasteiger partial charge < -0.3 is 28.6 Å². The van der Waals surface area contributed by atoms with E-state index >= 15 is 0 Å². The van der Waals surface area contributed by atoms with Gasteiger partial charge in [-0.25, -0.2) is 9.59 Å². The summed E-state index contributed by atoms with van der Waals surface area (Å²) in [7, 11) is -0.640. The van der Waals surface area contributed by atoms with Gasteiger partial charge in [-0.3, -0.25) is 5.32 Å². The minimum absolute atomic E-state index is 0.00523. The Morgan fingerprint density at radius 2 is 1.51 bits per heavy atom. The zero-order valence-electron chi connectivity index (χ0n) is 24.1. The number of hydrogen-bond donors (Lipinski definition) is 2. The molecule has 10 heteroatoms. The molecule has 3 heterocycles. The molecule has 3 aliphatic heterocycles. The normalized spacial score (nSPS) is 21.4. The van der Waals surface area contributed by atoms with Gasteiger partial charge in [-0.1, -0.05) is 12.1 Å². The van der Waals surface area contributed by atoms with Crippen molar-refractivity contribution in [2.45, 2.75) is 70.9 Å². The van der Waals surface area contributed by atoms with Crippen LogP contribution in [0, 0.1) is 0 Å². The van der Waals surface area contributed by atoms with E-state index in [1.54, 1.807) is 51.1 Å². The highest BCUT2D eigenvalue weighted by atomic mass is 16.7. The Balaban J connectivity index is 1.48. The Bertz CT molecular complexity index is 1590. The number of carbonyl (C=O) groups excluding carboxylic acids is 2. The van der Waals surface area contributed by atoms with Gasteiger partial charge in [-0.15, -0.1) is 0 Å². The molecule has 0 bridgehead atoms. The van der Waals surface area contributed by atoms with Crippen LogP contribution in [-0.2, 0) is 24.4 Å². The van der Waals surface area contributed by atoms with Gasteiger partial charge in [-0.05, 0) is 90.3 Å². The lowest BCUT2D eigenvalue weighted by Gasteiger charge is -2.37. The third-order valence-corrected chi connectivity index (χ3v) is 7.98. The summed E-state index contributed by atoms with van der Waals surface area (Å²) in [5.74, 6) is 0.219. The summed E-state index contributed by atoms with van der Waals surface area (Å²) in [5.41, 5.74) is -0.0110. The average Bonchev–Trinajstić information content (AvgIpc) is 3.26. The summed E-state index contributed by atoms with van der Waals surface area (Å²) in [6.07, 6.45) is -0.624. The average molecular weight is 557 g/mol. The van der Waals surface area contributed by atoms with E-state index in [4.69, 9.17) is 23.5 Å².